The van der Waals surface area contributed by atoms with E-state index in [0.717, 1.165) is 12.5 Å². The number of anilines is 1. The van der Waals surface area contributed by atoms with Crippen molar-refractivity contribution in [1.82, 2.24) is 0 Å². The van der Waals surface area contributed by atoms with Crippen LogP contribution in [0.2, 0.25) is 0 Å². The average Bonchev–Trinajstić information content (AvgIpc) is 2.09. The Morgan fingerprint density at radius 1 is 1.33 bits per heavy atom. The Labute approximate surface area is 85.8 Å². The Kier molecular flexibility index (Phi) is 3.12. The van der Waals surface area contributed by atoms with Gasteiger partial charge in [0.15, 0.2) is 6.10 Å². The Balaban J connectivity index is 2.85. The first kappa shape index (κ1) is 11.7. The van der Waals surface area contributed by atoms with Gasteiger partial charge in [-0.3, -0.25) is 0 Å². The molecule has 1 unspecified atom stereocenters. The van der Waals surface area contributed by atoms with Crippen LogP contribution in [0.1, 0.15) is 12.5 Å². The Morgan fingerprint density at radius 2 is 1.93 bits per heavy atom. The molecule has 2 nitrogen and oxygen atoms in total. The molecule has 0 saturated heterocycles. The lowest BCUT2D eigenvalue weighted by Crippen LogP contribution is -2.31. The number of aryl methyl sites for hydroxylation is 1. The third kappa shape index (κ3) is 3.04. The van der Waals surface area contributed by atoms with E-state index in [4.69, 9.17) is 10.5 Å². The highest BCUT2D eigenvalue weighted by atomic mass is 19.4. The van der Waals surface area contributed by atoms with E-state index in [1.165, 1.54) is 12.1 Å². The van der Waals surface area contributed by atoms with Gasteiger partial charge in [0, 0.05) is 0 Å². The highest BCUT2D eigenvalue weighted by Crippen LogP contribution is 2.29. The summed E-state index contributed by atoms with van der Waals surface area (Å²) in [5, 5.41) is 0. The number of rotatable bonds is 2. The molecule has 0 spiro atoms. The van der Waals surface area contributed by atoms with Gasteiger partial charge in [0.25, 0.3) is 0 Å². The number of nitrogen functional groups attached to an aromatic ring is 1. The van der Waals surface area contributed by atoms with Crippen LogP contribution in [0.3, 0.4) is 0 Å². The Morgan fingerprint density at radius 3 is 2.47 bits per heavy atom. The van der Waals surface area contributed by atoms with Crippen molar-refractivity contribution < 1.29 is 17.9 Å². The van der Waals surface area contributed by atoms with Gasteiger partial charge in [-0.15, -0.1) is 0 Å². The van der Waals surface area contributed by atoms with Gasteiger partial charge in [-0.05, 0) is 31.5 Å². The molecule has 0 aliphatic carbocycles. The first-order valence-electron chi connectivity index (χ1n) is 4.40. The predicted octanol–water partition coefficient (Wildman–Crippen LogP) is 2.91. The van der Waals surface area contributed by atoms with E-state index in [9.17, 15) is 13.2 Å². The molecule has 1 rings (SSSR count). The molecule has 5 heteroatoms. The number of ether oxygens (including phenoxy) is 1. The molecule has 0 heterocycles. The summed E-state index contributed by atoms with van der Waals surface area (Å²) in [5.41, 5.74) is 6.49. The molecule has 15 heavy (non-hydrogen) atoms. The molecule has 0 amide bonds. The standard InChI is InChI=1S/C10H12F3NO/c1-6-3-4-8(14)9(5-6)15-7(2)10(11,12)13/h3-5,7H,14H2,1-2H3. The fraction of sp³-hybridized carbons (Fsp3) is 0.400. The number of benzene rings is 1. The maximum Gasteiger partial charge on any atom is 0.425 e. The van der Waals surface area contributed by atoms with Crippen LogP contribution in [0.4, 0.5) is 18.9 Å². The van der Waals surface area contributed by atoms with Crippen LogP contribution in [0, 0.1) is 6.92 Å². The van der Waals surface area contributed by atoms with Crippen molar-refractivity contribution in [3.05, 3.63) is 23.8 Å². The second-order valence-electron chi connectivity index (χ2n) is 3.34. The molecular weight excluding hydrogens is 207 g/mol. The van der Waals surface area contributed by atoms with E-state index >= 15 is 0 Å². The highest BCUT2D eigenvalue weighted by Gasteiger charge is 2.38. The van der Waals surface area contributed by atoms with E-state index < -0.39 is 12.3 Å². The van der Waals surface area contributed by atoms with E-state index in [-0.39, 0.29) is 11.4 Å². The van der Waals surface area contributed by atoms with Crippen molar-refractivity contribution in [2.45, 2.75) is 26.1 Å². The predicted molar refractivity (Wildman–Crippen MR) is 51.7 cm³/mol. The SMILES string of the molecule is Cc1ccc(N)c(OC(C)C(F)(F)F)c1. The lowest BCUT2D eigenvalue weighted by atomic mass is 10.2. The van der Waals surface area contributed by atoms with Gasteiger partial charge in [-0.25, -0.2) is 0 Å². The molecule has 0 radical (unpaired) electrons. The Hall–Kier alpha value is -1.39. The fourth-order valence-electron chi connectivity index (χ4n) is 1.00. The topological polar surface area (TPSA) is 35.2 Å². The minimum atomic E-state index is -4.38. The molecular formula is C10H12F3NO. The van der Waals surface area contributed by atoms with Crippen LogP contribution in [0.15, 0.2) is 18.2 Å². The summed E-state index contributed by atoms with van der Waals surface area (Å²) in [6, 6.07) is 4.71. The van der Waals surface area contributed by atoms with Crippen LogP contribution in [-0.2, 0) is 0 Å². The van der Waals surface area contributed by atoms with Crippen molar-refractivity contribution >= 4 is 5.69 Å². The highest BCUT2D eigenvalue weighted by molar-refractivity contribution is 5.53. The van der Waals surface area contributed by atoms with Gasteiger partial charge in [0.05, 0.1) is 5.69 Å². The van der Waals surface area contributed by atoms with Crippen LogP contribution in [0.25, 0.3) is 0 Å². The van der Waals surface area contributed by atoms with Gasteiger partial charge < -0.3 is 10.5 Å². The quantitative estimate of drug-likeness (QED) is 0.776. The van der Waals surface area contributed by atoms with Crippen molar-refractivity contribution in [1.29, 1.82) is 0 Å². The van der Waals surface area contributed by atoms with Crippen molar-refractivity contribution in [3.63, 3.8) is 0 Å². The molecule has 2 N–H and O–H groups in total. The molecule has 0 aliphatic rings. The summed E-state index contributed by atoms with van der Waals surface area (Å²) >= 11 is 0. The molecule has 1 aromatic rings. The number of alkyl halides is 3. The van der Waals surface area contributed by atoms with Gasteiger partial charge in [-0.2, -0.15) is 13.2 Å². The zero-order valence-corrected chi connectivity index (χ0v) is 8.43. The molecule has 1 aromatic carbocycles. The van der Waals surface area contributed by atoms with Crippen molar-refractivity contribution in [2.75, 3.05) is 5.73 Å². The van der Waals surface area contributed by atoms with Crippen molar-refractivity contribution in [3.8, 4) is 5.75 Å². The number of hydrogen-bond donors (Lipinski definition) is 1. The van der Waals surface area contributed by atoms with Gasteiger partial charge in [0.1, 0.15) is 5.75 Å². The third-order valence-corrected chi connectivity index (χ3v) is 1.93. The van der Waals surface area contributed by atoms with E-state index in [1.54, 1.807) is 13.0 Å². The largest absolute Gasteiger partial charge is 0.479 e. The summed E-state index contributed by atoms with van der Waals surface area (Å²) in [6.45, 7) is 2.70. The molecule has 0 aromatic heterocycles. The van der Waals surface area contributed by atoms with Crippen LogP contribution >= 0.6 is 0 Å². The summed E-state index contributed by atoms with van der Waals surface area (Å²) in [7, 11) is 0. The molecule has 0 saturated carbocycles. The molecule has 0 fully saturated rings. The second-order valence-corrected chi connectivity index (χ2v) is 3.34. The van der Waals surface area contributed by atoms with E-state index in [2.05, 4.69) is 0 Å². The third-order valence-electron chi connectivity index (χ3n) is 1.93. The first-order valence-corrected chi connectivity index (χ1v) is 4.40. The van der Waals surface area contributed by atoms with Gasteiger partial charge >= 0.3 is 6.18 Å². The Bertz CT molecular complexity index is 349. The summed E-state index contributed by atoms with van der Waals surface area (Å²) in [4.78, 5) is 0. The molecule has 0 bridgehead atoms. The zero-order valence-electron chi connectivity index (χ0n) is 8.43. The van der Waals surface area contributed by atoms with Crippen LogP contribution in [-0.4, -0.2) is 12.3 Å². The van der Waals surface area contributed by atoms with E-state index in [1.807, 2.05) is 0 Å². The lowest BCUT2D eigenvalue weighted by Gasteiger charge is -2.18. The number of hydrogen-bond acceptors (Lipinski definition) is 2. The van der Waals surface area contributed by atoms with Crippen LogP contribution in [0.5, 0.6) is 5.75 Å². The van der Waals surface area contributed by atoms with E-state index in [0.29, 0.717) is 0 Å². The average molecular weight is 219 g/mol. The monoisotopic (exact) mass is 219 g/mol. The minimum Gasteiger partial charge on any atom is -0.479 e. The van der Waals surface area contributed by atoms with Gasteiger partial charge in [0.2, 0.25) is 0 Å². The maximum absolute atomic E-state index is 12.2. The number of halogens is 3. The summed E-state index contributed by atoms with van der Waals surface area (Å²) in [5.74, 6) is 0.0693. The van der Waals surface area contributed by atoms with Gasteiger partial charge in [-0.1, -0.05) is 6.07 Å². The molecule has 0 aliphatic heterocycles. The smallest absolute Gasteiger partial charge is 0.425 e. The first-order chi connectivity index (χ1) is 6.80. The second kappa shape index (κ2) is 4.00. The van der Waals surface area contributed by atoms with Crippen molar-refractivity contribution in [2.24, 2.45) is 0 Å². The van der Waals surface area contributed by atoms with Crippen LogP contribution < -0.4 is 10.5 Å². The summed E-state index contributed by atoms with van der Waals surface area (Å²) < 4.78 is 41.3. The fourth-order valence-corrected chi connectivity index (χ4v) is 1.00. The number of nitrogens with two attached hydrogens (primary N) is 1. The maximum atomic E-state index is 12.2. The lowest BCUT2D eigenvalue weighted by molar-refractivity contribution is -0.189. The minimum absolute atomic E-state index is 0.0693. The molecule has 84 valence electrons. The zero-order chi connectivity index (χ0) is 11.6. The summed E-state index contributed by atoms with van der Waals surface area (Å²) in [6.07, 6.45) is -6.24. The normalized spacial score (nSPS) is 13.7. The molecule has 1 atom stereocenters.